The molecule has 2 aliphatic rings. The predicted molar refractivity (Wildman–Crippen MR) is 69.4 cm³/mol. The van der Waals surface area contributed by atoms with Gasteiger partial charge in [0, 0.05) is 12.0 Å². The molecule has 1 aromatic rings. The third-order valence-electron chi connectivity index (χ3n) is 4.46. The van der Waals surface area contributed by atoms with E-state index in [1.165, 1.54) is 6.07 Å². The molecule has 3 rings (SSSR count). The van der Waals surface area contributed by atoms with E-state index in [0.717, 1.165) is 0 Å². The summed E-state index contributed by atoms with van der Waals surface area (Å²) in [6.07, 6.45) is 0.769. The molecule has 0 bridgehead atoms. The lowest BCUT2D eigenvalue weighted by atomic mass is 9.75. The Morgan fingerprint density at radius 2 is 2.00 bits per heavy atom. The first-order valence-corrected chi connectivity index (χ1v) is 7.01. The number of hydrogen-bond acceptors (Lipinski definition) is 2. The second kappa shape index (κ2) is 4.73. The minimum absolute atomic E-state index is 0.0746. The van der Waals surface area contributed by atoms with Crippen LogP contribution in [0, 0.1) is 5.82 Å². The Morgan fingerprint density at radius 3 is 2.57 bits per heavy atom. The summed E-state index contributed by atoms with van der Waals surface area (Å²) < 4.78 is 41.4. The first-order chi connectivity index (χ1) is 9.85. The van der Waals surface area contributed by atoms with Gasteiger partial charge >= 0.3 is 5.92 Å². The number of carbonyl (C=O) groups is 1. The number of halogens is 3. The molecule has 0 aliphatic heterocycles. The maximum absolute atomic E-state index is 13.9. The summed E-state index contributed by atoms with van der Waals surface area (Å²) >= 11 is 0. The van der Waals surface area contributed by atoms with E-state index < -0.39 is 29.3 Å². The van der Waals surface area contributed by atoms with Gasteiger partial charge in [-0.3, -0.25) is 4.79 Å². The van der Waals surface area contributed by atoms with E-state index >= 15 is 0 Å². The van der Waals surface area contributed by atoms with Gasteiger partial charge in [0.2, 0.25) is 0 Å². The Morgan fingerprint density at radius 1 is 1.33 bits per heavy atom. The zero-order valence-electron chi connectivity index (χ0n) is 11.3. The van der Waals surface area contributed by atoms with Crippen molar-refractivity contribution in [2.24, 2.45) is 0 Å². The molecule has 2 N–H and O–H groups in total. The lowest BCUT2D eigenvalue weighted by molar-refractivity contribution is -0.216. The van der Waals surface area contributed by atoms with Crippen LogP contribution in [0.4, 0.5) is 13.2 Å². The highest BCUT2D eigenvalue weighted by Gasteiger charge is 2.62. The minimum atomic E-state index is -3.80. The number of alkyl halides is 2. The summed E-state index contributed by atoms with van der Waals surface area (Å²) in [4.78, 5) is 11.7. The molecule has 0 radical (unpaired) electrons. The molecule has 2 atom stereocenters. The van der Waals surface area contributed by atoms with Crippen LogP contribution in [0.25, 0.3) is 0 Å². The zero-order chi connectivity index (χ0) is 15.3. The van der Waals surface area contributed by atoms with Gasteiger partial charge in [-0.15, -0.1) is 0 Å². The Balaban J connectivity index is 1.64. The van der Waals surface area contributed by atoms with Crippen molar-refractivity contribution in [3.63, 3.8) is 0 Å². The highest BCUT2D eigenvalue weighted by atomic mass is 19.3. The fraction of sp³-hybridized carbons (Fsp3) is 0.533. The summed E-state index contributed by atoms with van der Waals surface area (Å²) in [6.45, 7) is 0. The number of nitrogens with one attached hydrogen (secondary N) is 1. The van der Waals surface area contributed by atoms with Crippen LogP contribution in [-0.4, -0.2) is 28.6 Å². The average Bonchev–Trinajstić information content (AvgIpc) is 3.15. The molecule has 6 heteroatoms. The van der Waals surface area contributed by atoms with Crippen LogP contribution in [0.15, 0.2) is 24.3 Å². The van der Waals surface area contributed by atoms with E-state index in [1.54, 1.807) is 18.2 Å². The Hall–Kier alpha value is -1.56. The van der Waals surface area contributed by atoms with Gasteiger partial charge in [-0.25, -0.2) is 4.39 Å². The van der Waals surface area contributed by atoms with E-state index in [0.29, 0.717) is 18.4 Å². The van der Waals surface area contributed by atoms with Crippen molar-refractivity contribution in [3.05, 3.63) is 35.6 Å². The van der Waals surface area contributed by atoms with E-state index in [-0.39, 0.29) is 18.8 Å². The van der Waals surface area contributed by atoms with Gasteiger partial charge in [-0.2, -0.15) is 8.78 Å². The first kappa shape index (κ1) is 14.4. The monoisotopic (exact) mass is 299 g/mol. The maximum atomic E-state index is 13.9. The number of benzene rings is 1. The van der Waals surface area contributed by atoms with Crippen molar-refractivity contribution < 1.29 is 23.1 Å². The van der Waals surface area contributed by atoms with E-state index in [2.05, 4.69) is 5.32 Å². The van der Waals surface area contributed by atoms with E-state index in [9.17, 15) is 23.1 Å². The zero-order valence-corrected chi connectivity index (χ0v) is 11.3. The van der Waals surface area contributed by atoms with Crippen molar-refractivity contribution >= 4 is 5.91 Å². The van der Waals surface area contributed by atoms with Crippen molar-refractivity contribution in [1.29, 1.82) is 0 Å². The van der Waals surface area contributed by atoms with Crippen LogP contribution < -0.4 is 5.32 Å². The van der Waals surface area contributed by atoms with Gasteiger partial charge in [0.25, 0.3) is 5.91 Å². The Labute approximate surface area is 120 Å². The smallest absolute Gasteiger partial charge is 0.352 e. The molecule has 1 amide bonds. The van der Waals surface area contributed by atoms with Gasteiger partial charge in [-0.1, -0.05) is 18.2 Å². The molecular formula is C15H16F3NO2. The highest BCUT2D eigenvalue weighted by Crippen LogP contribution is 2.46. The summed E-state index contributed by atoms with van der Waals surface area (Å²) in [5.41, 5.74) is -1.80. The van der Waals surface area contributed by atoms with Crippen LogP contribution in [0.3, 0.4) is 0 Å². The lowest BCUT2D eigenvalue weighted by Gasteiger charge is -2.41. The van der Waals surface area contributed by atoms with Crippen molar-refractivity contribution in [2.75, 3.05) is 0 Å². The molecule has 114 valence electrons. The minimum Gasteiger partial charge on any atom is -0.383 e. The second-order valence-corrected chi connectivity index (χ2v) is 5.90. The lowest BCUT2D eigenvalue weighted by Crippen LogP contribution is -2.61. The van der Waals surface area contributed by atoms with Crippen LogP contribution in [-0.2, 0) is 4.79 Å². The third kappa shape index (κ3) is 2.31. The Bertz CT molecular complexity index is 572. The normalized spacial score (nSPS) is 26.9. The number of carbonyl (C=O) groups excluding carboxylic acids is 1. The largest absolute Gasteiger partial charge is 0.383 e. The van der Waals surface area contributed by atoms with Gasteiger partial charge in [0.05, 0.1) is 0 Å². The van der Waals surface area contributed by atoms with Crippen LogP contribution >= 0.6 is 0 Å². The molecule has 2 unspecified atom stereocenters. The standard InChI is InChI=1S/C15H16F3NO2/c16-11-5-2-1-4-9(11)10-8-12(10)19-13(20)15(17,18)14(21)6-3-7-14/h1-2,4-5,10,12,21H,3,6-8H2,(H,19,20). The second-order valence-electron chi connectivity index (χ2n) is 5.90. The van der Waals surface area contributed by atoms with Gasteiger partial charge in [-0.05, 0) is 37.3 Å². The summed E-state index contributed by atoms with van der Waals surface area (Å²) in [7, 11) is 0. The Kier molecular flexibility index (Phi) is 3.24. The van der Waals surface area contributed by atoms with Gasteiger partial charge in [0.1, 0.15) is 11.4 Å². The van der Waals surface area contributed by atoms with E-state index in [1.807, 2.05) is 0 Å². The molecule has 3 nitrogen and oxygen atoms in total. The number of hydrogen-bond donors (Lipinski definition) is 2. The van der Waals surface area contributed by atoms with Crippen molar-refractivity contribution in [3.8, 4) is 0 Å². The third-order valence-corrected chi connectivity index (χ3v) is 4.46. The molecule has 2 fully saturated rings. The molecule has 0 spiro atoms. The summed E-state index contributed by atoms with van der Waals surface area (Å²) in [5, 5.41) is 11.9. The van der Waals surface area contributed by atoms with Crippen molar-refractivity contribution in [1.82, 2.24) is 5.32 Å². The molecule has 0 aromatic heterocycles. The van der Waals surface area contributed by atoms with Gasteiger partial charge < -0.3 is 10.4 Å². The molecule has 2 aliphatic carbocycles. The SMILES string of the molecule is O=C(NC1CC1c1ccccc1F)C(F)(F)C1(O)CCC1. The summed E-state index contributed by atoms with van der Waals surface area (Å²) in [5.74, 6) is -5.94. The first-order valence-electron chi connectivity index (χ1n) is 7.01. The molecule has 0 heterocycles. The average molecular weight is 299 g/mol. The fourth-order valence-corrected chi connectivity index (χ4v) is 2.77. The van der Waals surface area contributed by atoms with Crippen molar-refractivity contribution in [2.45, 2.75) is 49.2 Å². The van der Waals surface area contributed by atoms with E-state index in [4.69, 9.17) is 0 Å². The number of aliphatic hydroxyl groups is 1. The maximum Gasteiger partial charge on any atom is 0.352 e. The fourth-order valence-electron chi connectivity index (χ4n) is 2.77. The van der Waals surface area contributed by atoms with Crippen LogP contribution in [0.1, 0.15) is 37.2 Å². The highest BCUT2D eigenvalue weighted by molar-refractivity contribution is 5.85. The molecular weight excluding hydrogens is 283 g/mol. The topological polar surface area (TPSA) is 49.3 Å². The van der Waals surface area contributed by atoms with Crippen LogP contribution in [0.2, 0.25) is 0 Å². The molecule has 0 saturated heterocycles. The number of rotatable bonds is 4. The molecule has 2 saturated carbocycles. The van der Waals surface area contributed by atoms with Gasteiger partial charge in [0.15, 0.2) is 0 Å². The van der Waals surface area contributed by atoms with Crippen LogP contribution in [0.5, 0.6) is 0 Å². The predicted octanol–water partition coefficient (Wildman–Crippen LogP) is 2.35. The summed E-state index contributed by atoms with van der Waals surface area (Å²) in [6, 6.07) is 5.61. The molecule has 1 aromatic carbocycles. The quantitative estimate of drug-likeness (QED) is 0.896. The number of amides is 1. The molecule has 21 heavy (non-hydrogen) atoms.